The van der Waals surface area contributed by atoms with Gasteiger partial charge in [0.1, 0.15) is 4.21 Å². The van der Waals surface area contributed by atoms with Crippen molar-refractivity contribution in [2.45, 2.75) is 17.6 Å². The molecule has 0 aromatic carbocycles. The molecule has 0 spiro atoms. The Morgan fingerprint density at radius 3 is 2.70 bits per heavy atom. The van der Waals surface area contributed by atoms with Gasteiger partial charge in [0.2, 0.25) is 10.0 Å². The van der Waals surface area contributed by atoms with Crippen molar-refractivity contribution < 1.29 is 13.3 Å². The molecule has 0 saturated heterocycles. The number of nitro groups is 1. The molecule has 1 rings (SSSR count). The predicted molar refractivity (Wildman–Crippen MR) is 83.3 cm³/mol. The molecule has 20 heavy (non-hydrogen) atoms. The fourth-order valence-electron chi connectivity index (χ4n) is 1.34. The van der Waals surface area contributed by atoms with Gasteiger partial charge in [-0.3, -0.25) is 10.1 Å². The Bertz CT molecular complexity index is 556. The van der Waals surface area contributed by atoms with Crippen LogP contribution >= 0.6 is 23.1 Å². The highest BCUT2D eigenvalue weighted by Crippen LogP contribution is 2.36. The summed E-state index contributed by atoms with van der Waals surface area (Å²) in [5, 5.41) is 14.1. The first-order valence-corrected chi connectivity index (χ1v) is 9.62. The zero-order chi connectivity index (χ0) is 15.2. The Morgan fingerprint density at radius 1 is 1.45 bits per heavy atom. The summed E-state index contributed by atoms with van der Waals surface area (Å²) in [5.41, 5.74) is -0.200. The van der Waals surface area contributed by atoms with Gasteiger partial charge in [0.05, 0.1) is 4.92 Å². The van der Waals surface area contributed by atoms with Crippen molar-refractivity contribution in [3.05, 3.63) is 16.2 Å². The zero-order valence-electron chi connectivity index (χ0n) is 11.2. The molecule has 7 nitrogen and oxygen atoms in total. The van der Waals surface area contributed by atoms with E-state index in [0.717, 1.165) is 23.8 Å². The Balaban J connectivity index is 2.97. The first-order chi connectivity index (χ1) is 9.42. The highest BCUT2D eigenvalue weighted by molar-refractivity contribution is 7.98. The lowest BCUT2D eigenvalue weighted by molar-refractivity contribution is -0.383. The Morgan fingerprint density at radius 2 is 2.15 bits per heavy atom. The van der Waals surface area contributed by atoms with E-state index in [-0.39, 0.29) is 14.9 Å². The third-order valence-corrected chi connectivity index (χ3v) is 5.91. The fraction of sp³-hybridized carbons (Fsp3) is 0.600. The van der Waals surface area contributed by atoms with Gasteiger partial charge in [0, 0.05) is 24.9 Å². The molecule has 1 aromatic rings. The molecule has 0 radical (unpaired) electrons. The van der Waals surface area contributed by atoms with Crippen LogP contribution in [0.4, 0.5) is 10.7 Å². The molecule has 0 amide bonds. The summed E-state index contributed by atoms with van der Waals surface area (Å²) in [6.07, 6.45) is 2.67. The van der Waals surface area contributed by atoms with Crippen molar-refractivity contribution in [2.75, 3.05) is 30.4 Å². The molecule has 0 saturated carbocycles. The molecule has 0 aliphatic carbocycles. The number of rotatable bonds is 9. The van der Waals surface area contributed by atoms with Gasteiger partial charge >= 0.3 is 5.69 Å². The number of sulfonamides is 1. The third-order valence-electron chi connectivity index (χ3n) is 2.29. The van der Waals surface area contributed by atoms with Crippen molar-refractivity contribution in [3.8, 4) is 0 Å². The average Bonchev–Trinajstić information content (AvgIpc) is 2.81. The van der Waals surface area contributed by atoms with E-state index in [4.69, 9.17) is 0 Å². The van der Waals surface area contributed by atoms with Gasteiger partial charge in [-0.2, -0.15) is 11.8 Å². The lowest BCUT2D eigenvalue weighted by Crippen LogP contribution is -2.25. The van der Waals surface area contributed by atoms with Gasteiger partial charge in [0.15, 0.2) is 5.00 Å². The van der Waals surface area contributed by atoms with E-state index >= 15 is 0 Å². The largest absolute Gasteiger partial charge is 0.371 e. The van der Waals surface area contributed by atoms with Crippen LogP contribution in [0, 0.1) is 10.1 Å². The summed E-state index contributed by atoms with van der Waals surface area (Å²) < 4.78 is 26.4. The van der Waals surface area contributed by atoms with E-state index in [1.54, 1.807) is 0 Å². The number of nitrogens with one attached hydrogen (secondary N) is 2. The Labute approximate surface area is 126 Å². The monoisotopic (exact) mass is 339 g/mol. The third kappa shape index (κ3) is 4.62. The van der Waals surface area contributed by atoms with E-state index in [1.165, 1.54) is 11.8 Å². The first-order valence-electron chi connectivity index (χ1n) is 5.93. The van der Waals surface area contributed by atoms with Crippen LogP contribution in [0.15, 0.2) is 10.3 Å². The highest BCUT2D eigenvalue weighted by Gasteiger charge is 2.25. The standard InChI is InChI=1S/C10H17N3O4S3/c1-3-4-11-10-8(13(14)15)7-9(19-10)20(16,17)12-5-6-18-2/h7,11-12H,3-6H2,1-2H3. The number of thiophene rings is 1. The second-order valence-electron chi connectivity index (χ2n) is 3.85. The summed E-state index contributed by atoms with van der Waals surface area (Å²) in [4.78, 5) is 10.4. The molecular weight excluding hydrogens is 322 g/mol. The van der Waals surface area contributed by atoms with Crippen LogP contribution in [0.5, 0.6) is 0 Å². The average molecular weight is 339 g/mol. The summed E-state index contributed by atoms with van der Waals surface area (Å²) in [6, 6.07) is 1.10. The summed E-state index contributed by atoms with van der Waals surface area (Å²) in [6.45, 7) is 2.78. The van der Waals surface area contributed by atoms with Crippen LogP contribution in [-0.2, 0) is 10.0 Å². The highest BCUT2D eigenvalue weighted by atomic mass is 32.2. The minimum atomic E-state index is -3.68. The number of hydrogen-bond donors (Lipinski definition) is 2. The maximum atomic E-state index is 12.0. The molecule has 1 heterocycles. The molecule has 2 N–H and O–H groups in total. The number of thioether (sulfide) groups is 1. The summed E-state index contributed by atoms with van der Waals surface area (Å²) in [5.74, 6) is 0.646. The molecule has 0 aliphatic rings. The molecule has 0 unspecified atom stereocenters. The second kappa shape index (κ2) is 7.81. The Hall–Kier alpha value is -0.840. The number of anilines is 1. The van der Waals surface area contributed by atoms with E-state index in [1.807, 2.05) is 13.2 Å². The zero-order valence-corrected chi connectivity index (χ0v) is 13.7. The first kappa shape index (κ1) is 17.2. The lowest BCUT2D eigenvalue weighted by Gasteiger charge is -2.02. The molecule has 0 aliphatic heterocycles. The van der Waals surface area contributed by atoms with Crippen molar-refractivity contribution in [2.24, 2.45) is 0 Å². The minimum absolute atomic E-state index is 0.0380. The van der Waals surface area contributed by atoms with E-state index in [0.29, 0.717) is 18.8 Å². The van der Waals surface area contributed by atoms with Crippen LogP contribution < -0.4 is 10.0 Å². The topological polar surface area (TPSA) is 101 Å². The SMILES string of the molecule is CCCNc1sc(S(=O)(=O)NCCSC)cc1[N+](=O)[O-]. The molecular formula is C10H17N3O4S3. The summed E-state index contributed by atoms with van der Waals surface area (Å²) in [7, 11) is -3.68. The molecule has 0 bridgehead atoms. The van der Waals surface area contributed by atoms with Crippen LogP contribution in [0.2, 0.25) is 0 Å². The summed E-state index contributed by atoms with van der Waals surface area (Å²) >= 11 is 2.40. The normalized spacial score (nSPS) is 11.5. The smallest absolute Gasteiger partial charge is 0.304 e. The van der Waals surface area contributed by atoms with Gasteiger partial charge in [-0.15, -0.1) is 0 Å². The van der Waals surface area contributed by atoms with Crippen LogP contribution in [0.25, 0.3) is 0 Å². The number of hydrogen-bond acceptors (Lipinski definition) is 7. The van der Waals surface area contributed by atoms with Crippen LogP contribution in [0.1, 0.15) is 13.3 Å². The van der Waals surface area contributed by atoms with Crippen molar-refractivity contribution in [1.82, 2.24) is 4.72 Å². The molecule has 0 fully saturated rings. The molecule has 1 aromatic heterocycles. The fourth-order valence-corrected chi connectivity index (χ4v) is 4.21. The van der Waals surface area contributed by atoms with Crippen molar-refractivity contribution in [3.63, 3.8) is 0 Å². The minimum Gasteiger partial charge on any atom is -0.371 e. The number of nitrogens with zero attached hydrogens (tertiary/aromatic N) is 1. The van der Waals surface area contributed by atoms with Gasteiger partial charge in [-0.25, -0.2) is 13.1 Å². The van der Waals surface area contributed by atoms with E-state index < -0.39 is 14.9 Å². The molecule has 0 atom stereocenters. The molecule has 114 valence electrons. The van der Waals surface area contributed by atoms with Crippen LogP contribution in [0.3, 0.4) is 0 Å². The second-order valence-corrected chi connectivity index (χ2v) is 7.89. The van der Waals surface area contributed by atoms with Gasteiger partial charge in [0.25, 0.3) is 0 Å². The molecule has 10 heteroatoms. The van der Waals surface area contributed by atoms with Crippen LogP contribution in [-0.4, -0.2) is 38.4 Å². The predicted octanol–water partition coefficient (Wildman–Crippen LogP) is 2.12. The maximum absolute atomic E-state index is 12.0. The van der Waals surface area contributed by atoms with E-state index in [9.17, 15) is 18.5 Å². The lowest BCUT2D eigenvalue weighted by atomic mass is 10.4. The quantitative estimate of drug-likeness (QED) is 0.406. The Kier molecular flexibility index (Phi) is 6.72. The van der Waals surface area contributed by atoms with Gasteiger partial charge in [-0.1, -0.05) is 18.3 Å². The maximum Gasteiger partial charge on any atom is 0.304 e. The van der Waals surface area contributed by atoms with Gasteiger partial charge in [-0.05, 0) is 12.7 Å². The van der Waals surface area contributed by atoms with Crippen molar-refractivity contribution >= 4 is 43.8 Å². The van der Waals surface area contributed by atoms with Gasteiger partial charge < -0.3 is 5.32 Å². The van der Waals surface area contributed by atoms with Crippen molar-refractivity contribution in [1.29, 1.82) is 0 Å². The van der Waals surface area contributed by atoms with E-state index in [2.05, 4.69) is 10.0 Å².